The molecule has 0 aliphatic carbocycles. The van der Waals surface area contributed by atoms with Crippen LogP contribution in [0.3, 0.4) is 0 Å². The van der Waals surface area contributed by atoms with E-state index in [-0.39, 0.29) is 12.6 Å². The summed E-state index contributed by atoms with van der Waals surface area (Å²) in [7, 11) is 2.73. The Kier molecular flexibility index (Phi) is 4.69. The summed E-state index contributed by atoms with van der Waals surface area (Å²) in [6.07, 6.45) is 1.41. The minimum absolute atomic E-state index is 0.105. The van der Waals surface area contributed by atoms with Crippen LogP contribution in [-0.2, 0) is 16.1 Å². The van der Waals surface area contributed by atoms with Crippen LogP contribution >= 0.6 is 23.4 Å². The first-order valence-corrected chi connectivity index (χ1v) is 6.41. The molecule has 0 aliphatic rings. The van der Waals surface area contributed by atoms with Gasteiger partial charge in [-0.2, -0.15) is 4.98 Å². The van der Waals surface area contributed by atoms with E-state index < -0.39 is 5.97 Å². The third-order valence-electron chi connectivity index (χ3n) is 2.07. The summed E-state index contributed by atoms with van der Waals surface area (Å²) in [4.78, 5) is 19.2. The van der Waals surface area contributed by atoms with E-state index in [4.69, 9.17) is 16.3 Å². The van der Waals surface area contributed by atoms with Crippen molar-refractivity contribution in [2.75, 3.05) is 14.2 Å². The Labute approximate surface area is 122 Å². The topological polar surface area (TPSA) is 105 Å². The lowest BCUT2D eigenvalue weighted by molar-refractivity contribution is -0.141. The fourth-order valence-corrected chi connectivity index (χ4v) is 2.09. The predicted molar refractivity (Wildman–Crippen MR) is 67.6 cm³/mol. The molecule has 0 saturated heterocycles. The zero-order chi connectivity index (χ0) is 14.5. The minimum atomic E-state index is -0.467. The van der Waals surface area contributed by atoms with E-state index in [0.717, 1.165) is 11.8 Å². The van der Waals surface area contributed by atoms with E-state index in [1.165, 1.54) is 25.1 Å². The molecule has 0 bridgehead atoms. The average molecular weight is 317 g/mol. The van der Waals surface area contributed by atoms with Crippen LogP contribution in [0.25, 0.3) is 0 Å². The van der Waals surface area contributed by atoms with E-state index in [0.29, 0.717) is 15.2 Å². The second-order valence-corrected chi connectivity index (χ2v) is 4.67. The van der Waals surface area contributed by atoms with Crippen molar-refractivity contribution < 1.29 is 14.3 Å². The van der Waals surface area contributed by atoms with Gasteiger partial charge in [-0.3, -0.25) is 4.79 Å². The summed E-state index contributed by atoms with van der Waals surface area (Å²) in [5.41, 5.74) is 0. The van der Waals surface area contributed by atoms with Crippen molar-refractivity contribution in [2.45, 2.75) is 16.7 Å². The van der Waals surface area contributed by atoms with Crippen molar-refractivity contribution in [2.24, 2.45) is 0 Å². The van der Waals surface area contributed by atoms with Crippen LogP contribution in [0.15, 0.2) is 16.4 Å². The molecule has 106 valence electrons. The van der Waals surface area contributed by atoms with E-state index in [1.807, 2.05) is 0 Å². The highest BCUT2D eigenvalue weighted by Crippen LogP contribution is 2.30. The maximum absolute atomic E-state index is 11.2. The molecule has 0 radical (unpaired) electrons. The molecule has 2 heterocycles. The molecule has 20 heavy (non-hydrogen) atoms. The lowest BCUT2D eigenvalue weighted by atomic mass is 10.7. The van der Waals surface area contributed by atoms with Crippen LogP contribution in [0, 0.1) is 0 Å². The number of halogens is 1. The Morgan fingerprint density at radius 2 is 2.30 bits per heavy atom. The summed E-state index contributed by atoms with van der Waals surface area (Å²) >= 11 is 7.07. The molecule has 2 aromatic heterocycles. The summed E-state index contributed by atoms with van der Waals surface area (Å²) in [5.74, 6) is -0.467. The number of hydrogen-bond acceptors (Lipinski definition) is 9. The maximum atomic E-state index is 11.2. The predicted octanol–water partition coefficient (Wildman–Crippen LogP) is 0.449. The van der Waals surface area contributed by atoms with E-state index in [2.05, 4.69) is 30.2 Å². The molecule has 9 nitrogen and oxygen atoms in total. The standard InChI is InChI=1S/C9H9ClN6O3S/c1-18-6(17)4-16-9(13-14-15-16)20-7-5(10)3-11-8(12-7)19-2/h3H,4H2,1-2H3. The number of ether oxygens (including phenoxy) is 2. The van der Waals surface area contributed by atoms with E-state index in [1.54, 1.807) is 0 Å². The minimum Gasteiger partial charge on any atom is -0.468 e. The average Bonchev–Trinajstić information content (AvgIpc) is 2.88. The van der Waals surface area contributed by atoms with Crippen molar-refractivity contribution in [1.82, 2.24) is 30.2 Å². The summed E-state index contributed by atoms with van der Waals surface area (Å²) in [5, 5.41) is 12.1. The van der Waals surface area contributed by atoms with Crippen molar-refractivity contribution in [1.29, 1.82) is 0 Å². The number of hydrogen-bond donors (Lipinski definition) is 0. The number of methoxy groups -OCH3 is 2. The number of rotatable bonds is 5. The van der Waals surface area contributed by atoms with Gasteiger partial charge in [0.05, 0.1) is 25.4 Å². The zero-order valence-electron chi connectivity index (χ0n) is 10.5. The lowest BCUT2D eigenvalue weighted by Gasteiger charge is -2.04. The zero-order valence-corrected chi connectivity index (χ0v) is 12.1. The van der Waals surface area contributed by atoms with Gasteiger partial charge in [0.25, 0.3) is 0 Å². The van der Waals surface area contributed by atoms with Crippen molar-refractivity contribution in [3.63, 3.8) is 0 Å². The normalized spacial score (nSPS) is 10.3. The van der Waals surface area contributed by atoms with Gasteiger partial charge >= 0.3 is 12.0 Å². The highest BCUT2D eigenvalue weighted by molar-refractivity contribution is 7.99. The lowest BCUT2D eigenvalue weighted by Crippen LogP contribution is -2.13. The molecule has 0 fully saturated rings. The van der Waals surface area contributed by atoms with Gasteiger partial charge in [0.2, 0.25) is 5.16 Å². The first-order valence-electron chi connectivity index (χ1n) is 5.21. The smallest absolute Gasteiger partial charge is 0.327 e. The largest absolute Gasteiger partial charge is 0.468 e. The Bertz CT molecular complexity index is 621. The first kappa shape index (κ1) is 14.5. The second-order valence-electron chi connectivity index (χ2n) is 3.31. The second kappa shape index (κ2) is 6.48. The molecule has 0 saturated carbocycles. The molecule has 0 spiro atoms. The third-order valence-corrected chi connectivity index (χ3v) is 3.43. The Hall–Kier alpha value is -1.94. The number of tetrazole rings is 1. The fraction of sp³-hybridized carbons (Fsp3) is 0.333. The number of carbonyl (C=O) groups excluding carboxylic acids is 1. The first-order chi connectivity index (χ1) is 9.63. The number of carbonyl (C=O) groups is 1. The van der Waals surface area contributed by atoms with Gasteiger partial charge in [-0.1, -0.05) is 11.6 Å². The van der Waals surface area contributed by atoms with Crippen LogP contribution in [0.1, 0.15) is 0 Å². The molecular formula is C9H9ClN6O3S. The van der Waals surface area contributed by atoms with Crippen LogP contribution in [0.5, 0.6) is 6.01 Å². The molecule has 0 aliphatic heterocycles. The van der Waals surface area contributed by atoms with Gasteiger partial charge in [0.15, 0.2) is 0 Å². The Morgan fingerprint density at radius 1 is 1.50 bits per heavy atom. The van der Waals surface area contributed by atoms with Gasteiger partial charge in [-0.25, -0.2) is 9.67 Å². The monoisotopic (exact) mass is 316 g/mol. The maximum Gasteiger partial charge on any atom is 0.327 e. The molecule has 0 N–H and O–H groups in total. The van der Waals surface area contributed by atoms with Crippen LogP contribution < -0.4 is 4.74 Å². The number of esters is 1. The molecule has 0 unspecified atom stereocenters. The van der Waals surface area contributed by atoms with Crippen molar-refractivity contribution in [3.05, 3.63) is 11.2 Å². The summed E-state index contributed by atoms with van der Waals surface area (Å²) in [6.45, 7) is -0.105. The number of aromatic nitrogens is 6. The molecular weight excluding hydrogens is 308 g/mol. The molecule has 0 atom stereocenters. The molecule has 0 amide bonds. The van der Waals surface area contributed by atoms with Gasteiger partial charge in [0.1, 0.15) is 11.6 Å². The third kappa shape index (κ3) is 3.33. The van der Waals surface area contributed by atoms with E-state index in [9.17, 15) is 4.79 Å². The van der Waals surface area contributed by atoms with E-state index >= 15 is 0 Å². The SMILES string of the molecule is COC(=O)Cn1nnnc1Sc1nc(OC)ncc1Cl. The van der Waals surface area contributed by atoms with Crippen LogP contribution in [0.4, 0.5) is 0 Å². The highest BCUT2D eigenvalue weighted by Gasteiger charge is 2.15. The number of nitrogens with zero attached hydrogens (tertiary/aromatic N) is 6. The molecule has 0 aromatic carbocycles. The molecule has 2 aromatic rings. The van der Waals surface area contributed by atoms with Gasteiger partial charge in [-0.05, 0) is 22.2 Å². The Balaban J connectivity index is 2.22. The van der Waals surface area contributed by atoms with Crippen LogP contribution in [0.2, 0.25) is 5.02 Å². The quantitative estimate of drug-likeness (QED) is 0.574. The fourth-order valence-electron chi connectivity index (χ4n) is 1.15. The highest BCUT2D eigenvalue weighted by atomic mass is 35.5. The molecule has 2 rings (SSSR count). The van der Waals surface area contributed by atoms with Gasteiger partial charge in [0, 0.05) is 0 Å². The molecule has 11 heteroatoms. The van der Waals surface area contributed by atoms with Gasteiger partial charge in [-0.15, -0.1) is 5.10 Å². The summed E-state index contributed by atoms with van der Waals surface area (Å²) in [6, 6.07) is 0.170. The van der Waals surface area contributed by atoms with Crippen molar-refractivity contribution in [3.8, 4) is 6.01 Å². The summed E-state index contributed by atoms with van der Waals surface area (Å²) < 4.78 is 10.7. The van der Waals surface area contributed by atoms with Crippen molar-refractivity contribution >= 4 is 29.3 Å². The van der Waals surface area contributed by atoms with Crippen LogP contribution in [-0.4, -0.2) is 50.4 Å². The Morgan fingerprint density at radius 3 is 3.00 bits per heavy atom. The van der Waals surface area contributed by atoms with Gasteiger partial charge < -0.3 is 9.47 Å².